The maximum Gasteiger partial charge on any atom is 0.239 e. The van der Waals surface area contributed by atoms with E-state index in [1.807, 2.05) is 23.4 Å². The van der Waals surface area contributed by atoms with Crippen molar-refractivity contribution in [2.75, 3.05) is 13.6 Å². The second-order valence-electron chi connectivity index (χ2n) is 3.92. The van der Waals surface area contributed by atoms with Crippen LogP contribution in [0.25, 0.3) is 0 Å². The van der Waals surface area contributed by atoms with Crippen LogP contribution in [0.3, 0.4) is 0 Å². The summed E-state index contributed by atoms with van der Waals surface area (Å²) in [6, 6.07) is 4.14. The molecular formula is C11H17ClN2OS. The first-order valence-corrected chi connectivity index (χ1v) is 6.16. The van der Waals surface area contributed by atoms with Crippen molar-refractivity contribution in [1.29, 1.82) is 0 Å². The zero-order valence-corrected chi connectivity index (χ0v) is 10.9. The lowest BCUT2D eigenvalue weighted by Crippen LogP contribution is -2.41. The Bertz CT molecular complexity index is 323. The molecule has 1 atom stereocenters. The fourth-order valence-electron chi connectivity index (χ4n) is 1.88. The number of likely N-dealkylation sites (N-methyl/N-ethyl adjacent to an activating group) is 1. The Morgan fingerprint density at radius 2 is 2.50 bits per heavy atom. The molecule has 1 amide bonds. The van der Waals surface area contributed by atoms with Crippen molar-refractivity contribution in [3.63, 3.8) is 0 Å². The Morgan fingerprint density at radius 1 is 1.69 bits per heavy atom. The summed E-state index contributed by atoms with van der Waals surface area (Å²) in [5.41, 5.74) is 0. The molecule has 1 aromatic rings. The van der Waals surface area contributed by atoms with Crippen LogP contribution in [0.5, 0.6) is 0 Å². The average Bonchev–Trinajstić information content (AvgIpc) is 2.88. The number of hydrogen-bond donors (Lipinski definition) is 1. The van der Waals surface area contributed by atoms with E-state index in [0.717, 1.165) is 25.9 Å². The van der Waals surface area contributed by atoms with Gasteiger partial charge >= 0.3 is 0 Å². The molecule has 1 fully saturated rings. The summed E-state index contributed by atoms with van der Waals surface area (Å²) in [5.74, 6) is 0.223. The maximum atomic E-state index is 11.9. The molecule has 1 N–H and O–H groups in total. The van der Waals surface area contributed by atoms with Gasteiger partial charge in [-0.3, -0.25) is 4.79 Å². The van der Waals surface area contributed by atoms with Gasteiger partial charge in [0.15, 0.2) is 0 Å². The lowest BCUT2D eigenvalue weighted by atomic mass is 10.2. The van der Waals surface area contributed by atoms with Gasteiger partial charge in [-0.25, -0.2) is 0 Å². The molecule has 1 aromatic heterocycles. The second-order valence-corrected chi connectivity index (χ2v) is 4.95. The Morgan fingerprint density at radius 3 is 3.06 bits per heavy atom. The van der Waals surface area contributed by atoms with E-state index in [2.05, 4.69) is 11.4 Å². The molecule has 0 spiro atoms. The fraction of sp³-hybridized carbons (Fsp3) is 0.545. The molecular weight excluding hydrogens is 244 g/mol. The minimum Gasteiger partial charge on any atom is -0.339 e. The van der Waals surface area contributed by atoms with Gasteiger partial charge in [0.1, 0.15) is 0 Å². The number of thiophene rings is 1. The maximum absolute atomic E-state index is 11.9. The monoisotopic (exact) mass is 260 g/mol. The van der Waals surface area contributed by atoms with E-state index in [0.29, 0.717) is 0 Å². The molecule has 1 aliphatic rings. The molecule has 0 bridgehead atoms. The van der Waals surface area contributed by atoms with Crippen LogP contribution in [-0.2, 0) is 11.3 Å². The Labute approximate surface area is 106 Å². The Hall–Kier alpha value is -0.580. The van der Waals surface area contributed by atoms with Gasteiger partial charge in [0.05, 0.1) is 12.6 Å². The molecule has 1 saturated heterocycles. The first-order valence-electron chi connectivity index (χ1n) is 5.28. The zero-order chi connectivity index (χ0) is 10.7. The molecule has 1 aliphatic heterocycles. The number of hydrogen-bond acceptors (Lipinski definition) is 3. The molecule has 0 aromatic carbocycles. The van der Waals surface area contributed by atoms with Crippen molar-refractivity contribution in [1.82, 2.24) is 10.2 Å². The molecule has 2 rings (SSSR count). The molecule has 0 aliphatic carbocycles. The summed E-state index contributed by atoms with van der Waals surface area (Å²) >= 11 is 1.70. The third-order valence-corrected chi connectivity index (χ3v) is 3.57. The topological polar surface area (TPSA) is 32.3 Å². The Kier molecular flexibility index (Phi) is 5.25. The van der Waals surface area contributed by atoms with Crippen molar-refractivity contribution in [2.45, 2.75) is 25.4 Å². The lowest BCUT2D eigenvalue weighted by Gasteiger charge is -2.20. The highest BCUT2D eigenvalue weighted by atomic mass is 35.5. The standard InChI is InChI=1S/C11H16N2OS.ClH/c1-13(8-9-4-3-7-15-9)11(14)10-5-2-6-12-10;/h3-4,7,10,12H,2,5-6,8H2,1H3;1H. The van der Waals surface area contributed by atoms with Crippen molar-refractivity contribution < 1.29 is 4.79 Å². The molecule has 16 heavy (non-hydrogen) atoms. The van der Waals surface area contributed by atoms with Crippen molar-refractivity contribution >= 4 is 29.7 Å². The van der Waals surface area contributed by atoms with Crippen molar-refractivity contribution in [2.24, 2.45) is 0 Å². The number of nitrogens with zero attached hydrogens (tertiary/aromatic N) is 1. The van der Waals surface area contributed by atoms with Gasteiger partial charge in [-0.05, 0) is 30.8 Å². The summed E-state index contributed by atoms with van der Waals surface area (Å²) in [6.45, 7) is 1.71. The smallest absolute Gasteiger partial charge is 0.239 e. The lowest BCUT2D eigenvalue weighted by molar-refractivity contribution is -0.132. The van der Waals surface area contributed by atoms with Gasteiger partial charge in [0.2, 0.25) is 5.91 Å². The normalized spacial score (nSPS) is 19.2. The Balaban J connectivity index is 0.00000128. The van der Waals surface area contributed by atoms with E-state index in [1.165, 1.54) is 4.88 Å². The van der Waals surface area contributed by atoms with Crippen molar-refractivity contribution in [3.05, 3.63) is 22.4 Å². The summed E-state index contributed by atoms with van der Waals surface area (Å²) in [7, 11) is 1.88. The molecule has 1 unspecified atom stereocenters. The van der Waals surface area contributed by atoms with Crippen LogP contribution in [0, 0.1) is 0 Å². The summed E-state index contributed by atoms with van der Waals surface area (Å²) in [4.78, 5) is 15.0. The molecule has 0 radical (unpaired) electrons. The van der Waals surface area contributed by atoms with Gasteiger partial charge in [-0.1, -0.05) is 6.07 Å². The van der Waals surface area contributed by atoms with Crippen LogP contribution in [-0.4, -0.2) is 30.4 Å². The van der Waals surface area contributed by atoms with Gasteiger partial charge in [-0.2, -0.15) is 0 Å². The first kappa shape index (κ1) is 13.5. The van der Waals surface area contributed by atoms with E-state index < -0.39 is 0 Å². The largest absolute Gasteiger partial charge is 0.339 e. The molecule has 0 saturated carbocycles. The molecule has 90 valence electrons. The quantitative estimate of drug-likeness (QED) is 0.900. The number of halogens is 1. The number of carbonyl (C=O) groups excluding carboxylic acids is 1. The van der Waals surface area contributed by atoms with Gasteiger partial charge in [-0.15, -0.1) is 23.7 Å². The summed E-state index contributed by atoms with van der Waals surface area (Å²) in [5, 5.41) is 5.27. The SMILES string of the molecule is CN(Cc1cccs1)C(=O)C1CCCN1.Cl. The van der Waals surface area contributed by atoms with E-state index in [4.69, 9.17) is 0 Å². The minimum atomic E-state index is 0. The van der Waals surface area contributed by atoms with Crippen LogP contribution in [0.1, 0.15) is 17.7 Å². The molecule has 5 heteroatoms. The predicted molar refractivity (Wildman–Crippen MR) is 69.1 cm³/mol. The van der Waals surface area contributed by atoms with E-state index in [-0.39, 0.29) is 24.4 Å². The number of nitrogens with one attached hydrogen (secondary N) is 1. The van der Waals surface area contributed by atoms with Crippen LogP contribution in [0.2, 0.25) is 0 Å². The van der Waals surface area contributed by atoms with Gasteiger partial charge < -0.3 is 10.2 Å². The van der Waals surface area contributed by atoms with E-state index in [9.17, 15) is 4.79 Å². The van der Waals surface area contributed by atoms with Crippen LogP contribution in [0.4, 0.5) is 0 Å². The number of amides is 1. The minimum absolute atomic E-state index is 0. The second kappa shape index (κ2) is 6.23. The molecule has 2 heterocycles. The summed E-state index contributed by atoms with van der Waals surface area (Å²) in [6.07, 6.45) is 2.09. The predicted octanol–water partition coefficient (Wildman–Crippen LogP) is 1.88. The van der Waals surface area contributed by atoms with Crippen LogP contribution in [0.15, 0.2) is 17.5 Å². The number of rotatable bonds is 3. The van der Waals surface area contributed by atoms with Gasteiger partial charge in [0, 0.05) is 11.9 Å². The number of carbonyl (C=O) groups is 1. The molecule has 3 nitrogen and oxygen atoms in total. The highest BCUT2D eigenvalue weighted by Gasteiger charge is 2.24. The fourth-order valence-corrected chi connectivity index (χ4v) is 2.63. The summed E-state index contributed by atoms with van der Waals surface area (Å²) < 4.78 is 0. The van der Waals surface area contributed by atoms with E-state index >= 15 is 0 Å². The third-order valence-electron chi connectivity index (χ3n) is 2.71. The highest BCUT2D eigenvalue weighted by Crippen LogP contribution is 2.13. The van der Waals surface area contributed by atoms with Crippen LogP contribution >= 0.6 is 23.7 Å². The third kappa shape index (κ3) is 3.20. The average molecular weight is 261 g/mol. The highest BCUT2D eigenvalue weighted by molar-refractivity contribution is 7.09. The van der Waals surface area contributed by atoms with Gasteiger partial charge in [0.25, 0.3) is 0 Å². The zero-order valence-electron chi connectivity index (χ0n) is 9.31. The van der Waals surface area contributed by atoms with Crippen LogP contribution < -0.4 is 5.32 Å². The van der Waals surface area contributed by atoms with Crippen molar-refractivity contribution in [3.8, 4) is 0 Å². The van der Waals surface area contributed by atoms with E-state index in [1.54, 1.807) is 11.3 Å². The first-order chi connectivity index (χ1) is 7.27.